The number of rotatable bonds is 5. The van der Waals surface area contributed by atoms with Crippen LogP contribution in [0.4, 0.5) is 0 Å². The first-order chi connectivity index (χ1) is 12.9. The molecule has 0 spiro atoms. The summed E-state index contributed by atoms with van der Waals surface area (Å²) in [5.41, 5.74) is 1.73. The second-order valence-corrected chi connectivity index (χ2v) is 8.98. The van der Waals surface area contributed by atoms with Crippen LogP contribution in [-0.2, 0) is 16.4 Å². The Bertz CT molecular complexity index is 1060. The lowest BCUT2D eigenvalue weighted by Gasteiger charge is -2.36. The van der Waals surface area contributed by atoms with Crippen LogP contribution < -0.4 is 0 Å². The zero-order valence-corrected chi connectivity index (χ0v) is 16.2. The van der Waals surface area contributed by atoms with Gasteiger partial charge < -0.3 is 4.52 Å². The molecule has 0 aliphatic carbocycles. The second kappa shape index (κ2) is 7.07. The van der Waals surface area contributed by atoms with Crippen molar-refractivity contribution in [2.24, 2.45) is 0 Å². The normalized spacial score (nSPS) is 15.6. The minimum Gasteiger partial charge on any atom is -0.339 e. The topological polar surface area (TPSA) is 76.3 Å². The van der Waals surface area contributed by atoms with E-state index in [0.717, 1.165) is 5.56 Å². The Kier molecular flexibility index (Phi) is 4.75. The Morgan fingerprint density at radius 2 is 1.93 bits per heavy atom. The average molecular weight is 404 g/mol. The number of benzene rings is 2. The number of hydrogen-bond acceptors (Lipinski definition) is 5. The molecule has 0 N–H and O–H groups in total. The molecule has 8 heteroatoms. The summed E-state index contributed by atoms with van der Waals surface area (Å²) in [6.45, 7) is 2.40. The van der Waals surface area contributed by atoms with Crippen molar-refractivity contribution >= 4 is 21.6 Å². The molecule has 3 aromatic rings. The van der Waals surface area contributed by atoms with Crippen LogP contribution in [-0.4, -0.2) is 36.0 Å². The molecule has 1 fully saturated rings. The molecule has 1 saturated heterocycles. The molecule has 0 amide bonds. The van der Waals surface area contributed by atoms with Gasteiger partial charge in [0.25, 0.3) is 0 Å². The first kappa shape index (κ1) is 18.2. The van der Waals surface area contributed by atoms with Crippen LogP contribution in [0.3, 0.4) is 0 Å². The predicted octanol–water partition coefficient (Wildman–Crippen LogP) is 3.41. The molecule has 1 aliphatic rings. The Hall–Kier alpha value is -2.22. The molecule has 1 aromatic heterocycles. The fraction of sp³-hybridized carbons (Fsp3) is 0.263. The highest BCUT2D eigenvalue weighted by Crippen LogP contribution is 2.32. The van der Waals surface area contributed by atoms with Crippen molar-refractivity contribution in [3.63, 3.8) is 0 Å². The number of hydrogen-bond donors (Lipinski definition) is 0. The van der Waals surface area contributed by atoms with Crippen molar-refractivity contribution in [3.05, 3.63) is 76.4 Å². The molecule has 0 atom stereocenters. The third-order valence-corrected chi connectivity index (χ3v) is 6.87. The standard InChI is InChI=1S/C19H18ClN3O3S/c1-13-9-16(20)7-8-17(13)27(24,25)23-11-15(12-23)19-21-18(22-26-19)10-14-5-3-2-4-6-14/h2-9,15H,10-12H2,1H3. The Morgan fingerprint density at radius 1 is 1.19 bits per heavy atom. The highest BCUT2D eigenvalue weighted by Gasteiger charge is 2.40. The van der Waals surface area contributed by atoms with Gasteiger partial charge in [0, 0.05) is 24.5 Å². The van der Waals surface area contributed by atoms with E-state index in [1.54, 1.807) is 25.1 Å². The first-order valence-electron chi connectivity index (χ1n) is 8.56. The zero-order chi connectivity index (χ0) is 19.0. The quantitative estimate of drug-likeness (QED) is 0.652. The number of nitrogens with zero attached hydrogens (tertiary/aromatic N) is 3. The van der Waals surface area contributed by atoms with Crippen molar-refractivity contribution in [2.75, 3.05) is 13.1 Å². The van der Waals surface area contributed by atoms with E-state index in [0.29, 0.717) is 41.8 Å². The van der Waals surface area contributed by atoms with E-state index in [4.69, 9.17) is 16.1 Å². The Morgan fingerprint density at radius 3 is 2.63 bits per heavy atom. The molecular weight excluding hydrogens is 386 g/mol. The van der Waals surface area contributed by atoms with E-state index < -0.39 is 10.0 Å². The lowest BCUT2D eigenvalue weighted by Crippen LogP contribution is -2.48. The van der Waals surface area contributed by atoms with E-state index in [2.05, 4.69) is 10.1 Å². The minimum atomic E-state index is -3.55. The van der Waals surface area contributed by atoms with Crippen molar-refractivity contribution in [3.8, 4) is 0 Å². The lowest BCUT2D eigenvalue weighted by atomic mass is 10.0. The van der Waals surface area contributed by atoms with Crippen molar-refractivity contribution in [1.82, 2.24) is 14.4 Å². The Labute approximate surface area is 162 Å². The van der Waals surface area contributed by atoms with Crippen LogP contribution in [0.1, 0.15) is 28.8 Å². The van der Waals surface area contributed by atoms with Crippen molar-refractivity contribution in [2.45, 2.75) is 24.2 Å². The van der Waals surface area contributed by atoms with Gasteiger partial charge in [-0.15, -0.1) is 0 Å². The van der Waals surface area contributed by atoms with Gasteiger partial charge in [0.1, 0.15) is 0 Å². The minimum absolute atomic E-state index is 0.0793. The maximum atomic E-state index is 12.8. The molecule has 1 aliphatic heterocycles. The average Bonchev–Trinajstić information content (AvgIpc) is 3.01. The van der Waals surface area contributed by atoms with Gasteiger partial charge in [0.05, 0.1) is 10.8 Å². The van der Waals surface area contributed by atoms with Gasteiger partial charge in [-0.2, -0.15) is 9.29 Å². The summed E-state index contributed by atoms with van der Waals surface area (Å²) in [5, 5.41) is 4.53. The SMILES string of the molecule is Cc1cc(Cl)ccc1S(=O)(=O)N1CC(c2nc(Cc3ccccc3)no2)C1. The molecule has 2 heterocycles. The van der Waals surface area contributed by atoms with Gasteiger partial charge in [-0.25, -0.2) is 8.42 Å². The zero-order valence-electron chi connectivity index (χ0n) is 14.7. The number of sulfonamides is 1. The Balaban J connectivity index is 1.43. The van der Waals surface area contributed by atoms with Crippen molar-refractivity contribution in [1.29, 1.82) is 0 Å². The molecule has 6 nitrogen and oxygen atoms in total. The van der Waals surface area contributed by atoms with E-state index in [9.17, 15) is 8.42 Å². The fourth-order valence-electron chi connectivity index (χ4n) is 3.12. The fourth-order valence-corrected chi connectivity index (χ4v) is 5.08. The predicted molar refractivity (Wildman–Crippen MR) is 101 cm³/mol. The van der Waals surface area contributed by atoms with E-state index >= 15 is 0 Å². The van der Waals surface area contributed by atoms with Crippen LogP contribution in [0.25, 0.3) is 0 Å². The molecule has 27 heavy (non-hydrogen) atoms. The molecular formula is C19H18ClN3O3S. The van der Waals surface area contributed by atoms with Crippen LogP contribution in [0.15, 0.2) is 57.9 Å². The summed E-state index contributed by atoms with van der Waals surface area (Å²) in [6.07, 6.45) is 0.586. The smallest absolute Gasteiger partial charge is 0.243 e. The summed E-state index contributed by atoms with van der Waals surface area (Å²) < 4.78 is 32.3. The molecule has 0 radical (unpaired) electrons. The van der Waals surface area contributed by atoms with Gasteiger partial charge in [-0.1, -0.05) is 47.1 Å². The number of aryl methyl sites for hydroxylation is 1. The van der Waals surface area contributed by atoms with E-state index in [-0.39, 0.29) is 10.8 Å². The molecule has 2 aromatic carbocycles. The van der Waals surface area contributed by atoms with Gasteiger partial charge >= 0.3 is 0 Å². The highest BCUT2D eigenvalue weighted by molar-refractivity contribution is 7.89. The highest BCUT2D eigenvalue weighted by atomic mass is 35.5. The molecule has 0 unspecified atom stereocenters. The van der Waals surface area contributed by atoms with Crippen LogP contribution >= 0.6 is 11.6 Å². The van der Waals surface area contributed by atoms with Gasteiger partial charge in [-0.05, 0) is 36.2 Å². The van der Waals surface area contributed by atoms with Gasteiger partial charge in [-0.3, -0.25) is 0 Å². The van der Waals surface area contributed by atoms with Gasteiger partial charge in [0.15, 0.2) is 5.82 Å². The molecule has 0 bridgehead atoms. The molecule has 0 saturated carbocycles. The van der Waals surface area contributed by atoms with Gasteiger partial charge in [0.2, 0.25) is 15.9 Å². The number of halogens is 1. The van der Waals surface area contributed by atoms with Crippen molar-refractivity contribution < 1.29 is 12.9 Å². The van der Waals surface area contributed by atoms with Crippen LogP contribution in [0.5, 0.6) is 0 Å². The lowest BCUT2D eigenvalue weighted by molar-refractivity contribution is 0.216. The first-order valence-corrected chi connectivity index (χ1v) is 10.4. The maximum Gasteiger partial charge on any atom is 0.243 e. The maximum absolute atomic E-state index is 12.8. The summed E-state index contributed by atoms with van der Waals surface area (Å²) in [6, 6.07) is 14.7. The summed E-state index contributed by atoms with van der Waals surface area (Å²) in [5.74, 6) is 1.01. The van der Waals surface area contributed by atoms with E-state index in [1.807, 2.05) is 30.3 Å². The third kappa shape index (κ3) is 3.63. The summed E-state index contributed by atoms with van der Waals surface area (Å²) in [4.78, 5) is 4.71. The monoisotopic (exact) mass is 403 g/mol. The van der Waals surface area contributed by atoms with Crippen LogP contribution in [0.2, 0.25) is 5.02 Å². The molecule has 4 rings (SSSR count). The third-order valence-electron chi connectivity index (χ3n) is 4.64. The number of aromatic nitrogens is 2. The largest absolute Gasteiger partial charge is 0.339 e. The van der Waals surface area contributed by atoms with E-state index in [1.165, 1.54) is 4.31 Å². The molecule has 140 valence electrons. The second-order valence-electron chi connectivity index (χ2n) is 6.64. The van der Waals surface area contributed by atoms with Crippen LogP contribution in [0, 0.1) is 6.92 Å². The summed E-state index contributed by atoms with van der Waals surface area (Å²) in [7, 11) is -3.55. The summed E-state index contributed by atoms with van der Waals surface area (Å²) >= 11 is 5.92.